The van der Waals surface area contributed by atoms with Gasteiger partial charge >= 0.3 is 0 Å². The second kappa shape index (κ2) is 7.84. The molecule has 2 N–H and O–H groups in total. The van der Waals surface area contributed by atoms with Crippen LogP contribution in [0.15, 0.2) is 48.5 Å². The van der Waals surface area contributed by atoms with Crippen LogP contribution in [-0.2, 0) is 11.2 Å². The summed E-state index contributed by atoms with van der Waals surface area (Å²) >= 11 is 5.90. The van der Waals surface area contributed by atoms with Gasteiger partial charge < -0.3 is 5.73 Å². The molecule has 21 heavy (non-hydrogen) atoms. The highest BCUT2D eigenvalue weighted by atomic mass is 35.5. The summed E-state index contributed by atoms with van der Waals surface area (Å²) in [6.45, 7) is 0. The Labute approximate surface area is 130 Å². The van der Waals surface area contributed by atoms with Crippen LogP contribution in [0, 0.1) is 0 Å². The van der Waals surface area contributed by atoms with Gasteiger partial charge in [-0.1, -0.05) is 54.4 Å². The van der Waals surface area contributed by atoms with E-state index in [1.165, 1.54) is 16.7 Å². The molecule has 3 heteroatoms. The molecule has 0 aliphatic carbocycles. The van der Waals surface area contributed by atoms with Crippen molar-refractivity contribution in [1.82, 2.24) is 0 Å². The molecule has 0 spiro atoms. The summed E-state index contributed by atoms with van der Waals surface area (Å²) in [4.78, 5) is 10.6. The molecule has 2 aromatic rings. The number of hydrogen-bond donors (Lipinski definition) is 1. The van der Waals surface area contributed by atoms with E-state index in [9.17, 15) is 4.79 Å². The van der Waals surface area contributed by atoms with Gasteiger partial charge in [0.05, 0.1) is 0 Å². The number of primary amides is 1. The first-order chi connectivity index (χ1) is 10.1. The number of benzene rings is 2. The second-order valence-corrected chi connectivity index (χ2v) is 5.67. The lowest BCUT2D eigenvalue weighted by Gasteiger charge is -2.05. The Bertz CT molecular complexity index is 575. The van der Waals surface area contributed by atoms with Gasteiger partial charge in [-0.05, 0) is 48.1 Å². The predicted molar refractivity (Wildman–Crippen MR) is 88.3 cm³/mol. The number of rotatable bonds is 7. The van der Waals surface area contributed by atoms with Crippen molar-refractivity contribution in [3.63, 3.8) is 0 Å². The number of carbonyl (C=O) groups is 1. The van der Waals surface area contributed by atoms with Gasteiger partial charge in [0, 0.05) is 11.4 Å². The van der Waals surface area contributed by atoms with Crippen LogP contribution < -0.4 is 5.73 Å². The van der Waals surface area contributed by atoms with Crippen molar-refractivity contribution in [3.8, 4) is 11.1 Å². The quantitative estimate of drug-likeness (QED) is 0.746. The molecule has 2 rings (SSSR count). The molecule has 1 amide bonds. The van der Waals surface area contributed by atoms with E-state index in [1.54, 1.807) is 0 Å². The number of nitrogens with two attached hydrogens (primary N) is 1. The van der Waals surface area contributed by atoms with Crippen LogP contribution in [0.25, 0.3) is 11.1 Å². The summed E-state index contributed by atoms with van der Waals surface area (Å²) in [6.07, 6.45) is 4.56. The summed E-state index contributed by atoms with van der Waals surface area (Å²) in [7, 11) is 0. The normalized spacial score (nSPS) is 10.5. The maximum absolute atomic E-state index is 10.6. The Morgan fingerprint density at radius 2 is 1.43 bits per heavy atom. The SMILES string of the molecule is NC(=O)CCCCCc1ccc(-c2ccc(Cl)cc2)cc1. The summed E-state index contributed by atoms with van der Waals surface area (Å²) in [5.74, 6) is -0.206. The molecule has 0 radical (unpaired) electrons. The fourth-order valence-corrected chi connectivity index (χ4v) is 2.44. The predicted octanol–water partition coefficient (Wildman–Crippen LogP) is 4.60. The van der Waals surface area contributed by atoms with E-state index in [0.717, 1.165) is 30.7 Å². The highest BCUT2D eigenvalue weighted by molar-refractivity contribution is 6.30. The van der Waals surface area contributed by atoms with Crippen molar-refractivity contribution in [1.29, 1.82) is 0 Å². The Morgan fingerprint density at radius 1 is 0.857 bits per heavy atom. The number of unbranched alkanes of at least 4 members (excludes halogenated alkanes) is 2. The maximum atomic E-state index is 10.6. The van der Waals surface area contributed by atoms with Crippen molar-refractivity contribution in [3.05, 3.63) is 59.1 Å². The number of halogens is 1. The van der Waals surface area contributed by atoms with Crippen LogP contribution in [0.1, 0.15) is 31.2 Å². The van der Waals surface area contributed by atoms with E-state index in [2.05, 4.69) is 24.3 Å². The number of hydrogen-bond acceptors (Lipinski definition) is 1. The molecule has 2 aromatic carbocycles. The molecule has 0 heterocycles. The molecule has 0 bridgehead atoms. The minimum absolute atomic E-state index is 0.206. The van der Waals surface area contributed by atoms with Gasteiger partial charge in [-0.2, -0.15) is 0 Å². The third kappa shape index (κ3) is 5.24. The zero-order valence-electron chi connectivity index (χ0n) is 12.0. The fourth-order valence-electron chi connectivity index (χ4n) is 2.31. The molecule has 0 aliphatic heterocycles. The standard InChI is InChI=1S/C18H20ClNO/c19-17-12-10-16(11-13-17)15-8-6-14(7-9-15)4-2-1-3-5-18(20)21/h6-13H,1-5H2,(H2,20,21). The molecular weight excluding hydrogens is 282 g/mol. The number of amides is 1. The number of aryl methyl sites for hydroxylation is 1. The zero-order chi connectivity index (χ0) is 15.1. The molecule has 0 aliphatic rings. The van der Waals surface area contributed by atoms with Crippen molar-refractivity contribution in [2.75, 3.05) is 0 Å². The topological polar surface area (TPSA) is 43.1 Å². The van der Waals surface area contributed by atoms with Gasteiger partial charge in [-0.15, -0.1) is 0 Å². The van der Waals surface area contributed by atoms with Crippen LogP contribution in [0.2, 0.25) is 5.02 Å². The first-order valence-corrected chi connectivity index (χ1v) is 7.66. The summed E-state index contributed by atoms with van der Waals surface area (Å²) in [6, 6.07) is 16.5. The van der Waals surface area contributed by atoms with Gasteiger partial charge in [-0.25, -0.2) is 0 Å². The fraction of sp³-hybridized carbons (Fsp3) is 0.278. The average molecular weight is 302 g/mol. The smallest absolute Gasteiger partial charge is 0.217 e. The maximum Gasteiger partial charge on any atom is 0.217 e. The van der Waals surface area contributed by atoms with Gasteiger partial charge in [0.2, 0.25) is 5.91 Å². The third-order valence-electron chi connectivity index (χ3n) is 3.52. The van der Waals surface area contributed by atoms with Crippen molar-refractivity contribution >= 4 is 17.5 Å². The van der Waals surface area contributed by atoms with Crippen molar-refractivity contribution in [2.45, 2.75) is 32.1 Å². The molecular formula is C18H20ClNO. The molecule has 0 atom stereocenters. The van der Waals surface area contributed by atoms with Gasteiger partial charge in [0.1, 0.15) is 0 Å². The van der Waals surface area contributed by atoms with E-state index < -0.39 is 0 Å². The van der Waals surface area contributed by atoms with Crippen LogP contribution in [0.5, 0.6) is 0 Å². The first kappa shape index (κ1) is 15.6. The molecule has 0 aromatic heterocycles. The van der Waals surface area contributed by atoms with E-state index in [4.69, 9.17) is 17.3 Å². The molecule has 0 saturated heterocycles. The average Bonchev–Trinajstić information content (AvgIpc) is 2.48. The third-order valence-corrected chi connectivity index (χ3v) is 3.77. The van der Waals surface area contributed by atoms with E-state index in [0.29, 0.717) is 6.42 Å². The monoisotopic (exact) mass is 301 g/mol. The van der Waals surface area contributed by atoms with Crippen LogP contribution in [0.3, 0.4) is 0 Å². The van der Waals surface area contributed by atoms with Gasteiger partial charge in [0.25, 0.3) is 0 Å². The van der Waals surface area contributed by atoms with E-state index in [-0.39, 0.29) is 5.91 Å². The zero-order valence-corrected chi connectivity index (χ0v) is 12.8. The van der Waals surface area contributed by atoms with Crippen molar-refractivity contribution in [2.24, 2.45) is 5.73 Å². The Balaban J connectivity index is 1.84. The Kier molecular flexibility index (Phi) is 5.82. The summed E-state index contributed by atoms with van der Waals surface area (Å²) in [5.41, 5.74) is 8.82. The van der Waals surface area contributed by atoms with Crippen LogP contribution in [0.4, 0.5) is 0 Å². The molecule has 0 fully saturated rings. The lowest BCUT2D eigenvalue weighted by Crippen LogP contribution is -2.09. The number of carbonyl (C=O) groups excluding carboxylic acids is 1. The van der Waals surface area contributed by atoms with Crippen LogP contribution >= 0.6 is 11.6 Å². The lowest BCUT2D eigenvalue weighted by atomic mass is 10.0. The largest absolute Gasteiger partial charge is 0.370 e. The molecule has 110 valence electrons. The summed E-state index contributed by atoms with van der Waals surface area (Å²) < 4.78 is 0. The minimum Gasteiger partial charge on any atom is -0.370 e. The molecule has 0 saturated carbocycles. The Morgan fingerprint density at radius 3 is 2.00 bits per heavy atom. The highest BCUT2D eigenvalue weighted by Gasteiger charge is 1.99. The lowest BCUT2D eigenvalue weighted by molar-refractivity contribution is -0.118. The Hall–Kier alpha value is -1.80. The minimum atomic E-state index is -0.206. The first-order valence-electron chi connectivity index (χ1n) is 7.28. The summed E-state index contributed by atoms with van der Waals surface area (Å²) in [5, 5.41) is 0.756. The molecule has 0 unspecified atom stereocenters. The van der Waals surface area contributed by atoms with Gasteiger partial charge in [-0.3, -0.25) is 4.79 Å². The van der Waals surface area contributed by atoms with E-state index in [1.807, 2.05) is 24.3 Å². The van der Waals surface area contributed by atoms with E-state index >= 15 is 0 Å². The second-order valence-electron chi connectivity index (χ2n) is 5.23. The molecule has 2 nitrogen and oxygen atoms in total. The van der Waals surface area contributed by atoms with Crippen LogP contribution in [-0.4, -0.2) is 5.91 Å². The van der Waals surface area contributed by atoms with Gasteiger partial charge in [0.15, 0.2) is 0 Å². The highest BCUT2D eigenvalue weighted by Crippen LogP contribution is 2.22. The van der Waals surface area contributed by atoms with Crippen molar-refractivity contribution < 1.29 is 4.79 Å².